The van der Waals surface area contributed by atoms with Crippen LogP contribution in [0.4, 0.5) is 0 Å². The molecule has 1 aromatic carbocycles. The molecule has 15 heavy (non-hydrogen) atoms. The zero-order chi connectivity index (χ0) is 11.0. The number of rotatable bonds is 1. The number of phenols is 1. The second-order valence-electron chi connectivity index (χ2n) is 3.24. The number of hydrogen-bond donors (Lipinski definition) is 1. The molecule has 2 rings (SSSR count). The molecule has 0 spiro atoms. The van der Waals surface area contributed by atoms with E-state index in [1.165, 1.54) is 6.07 Å². The number of benzene rings is 1. The number of phenolic OH excluding ortho intramolecular Hbond substituents is 1. The number of aryl methyl sites for hydroxylation is 1. The van der Waals surface area contributed by atoms with Crippen molar-refractivity contribution in [3.63, 3.8) is 0 Å². The van der Waals surface area contributed by atoms with Crippen molar-refractivity contribution < 1.29 is 9.84 Å². The fourth-order valence-electron chi connectivity index (χ4n) is 1.48. The maximum atomic E-state index is 11.7. The molecular weight excluding hydrogens is 308 g/mol. The summed E-state index contributed by atoms with van der Waals surface area (Å²) in [4.78, 5) is 11.7. The third-order valence-corrected chi connectivity index (χ3v) is 4.94. The van der Waals surface area contributed by atoms with Gasteiger partial charge in [0.25, 0.3) is 0 Å². The first kappa shape index (κ1) is 10.5. The van der Waals surface area contributed by atoms with E-state index in [2.05, 4.69) is 0 Å². The Balaban J connectivity index is 2.91. The molecule has 0 aliphatic rings. The van der Waals surface area contributed by atoms with Crippen LogP contribution < -0.4 is 10.2 Å². The van der Waals surface area contributed by atoms with Crippen LogP contribution in [-0.2, 0) is 0 Å². The zero-order valence-electron chi connectivity index (χ0n) is 8.40. The van der Waals surface area contributed by atoms with Crippen LogP contribution in [0.15, 0.2) is 23.0 Å². The second kappa shape index (κ2) is 3.88. The predicted octanol–water partition coefficient (Wildman–Crippen LogP) is 1.28. The van der Waals surface area contributed by atoms with Crippen molar-refractivity contribution in [1.82, 2.24) is 0 Å². The van der Waals surface area contributed by atoms with E-state index in [1.54, 1.807) is 13.2 Å². The maximum absolute atomic E-state index is 11.7. The van der Waals surface area contributed by atoms with E-state index in [0.29, 0.717) is 11.1 Å². The van der Waals surface area contributed by atoms with Crippen LogP contribution in [0.25, 0.3) is 8.79 Å². The van der Waals surface area contributed by atoms with Crippen molar-refractivity contribution in [3.8, 4) is 11.5 Å². The first-order valence-corrected chi connectivity index (χ1v) is 6.76. The average molecular weight is 318 g/mol. The number of hydrogen-bond acceptors (Lipinski definition) is 3. The van der Waals surface area contributed by atoms with Gasteiger partial charge in [0.15, 0.2) is 0 Å². The molecule has 0 amide bonds. The van der Waals surface area contributed by atoms with Crippen LogP contribution in [-0.4, -0.2) is 32.6 Å². The van der Waals surface area contributed by atoms with Gasteiger partial charge in [-0.15, -0.1) is 0 Å². The summed E-state index contributed by atoms with van der Waals surface area (Å²) in [5.74, 6) is 0.641. The molecule has 2 aromatic rings. The van der Waals surface area contributed by atoms with Gasteiger partial charge >= 0.3 is 96.6 Å². The Hall–Kier alpha value is -0.980. The number of ether oxygens (including phenoxy) is 1. The summed E-state index contributed by atoms with van der Waals surface area (Å²) in [6.45, 7) is 1.96. The molecule has 0 saturated heterocycles. The van der Waals surface area contributed by atoms with Crippen LogP contribution in [0.3, 0.4) is 0 Å². The van der Waals surface area contributed by atoms with Gasteiger partial charge in [0.2, 0.25) is 0 Å². The molecule has 1 heterocycles. The molecule has 78 valence electrons. The molecule has 1 N–H and O–H groups in total. The quantitative estimate of drug-likeness (QED) is 0.806. The average Bonchev–Trinajstić information content (AvgIpc) is 2.15. The van der Waals surface area contributed by atoms with Crippen LogP contribution in [0.2, 0.25) is 0 Å². The van der Waals surface area contributed by atoms with Crippen molar-refractivity contribution in [2.75, 3.05) is 7.11 Å². The monoisotopic (exact) mass is 320 g/mol. The van der Waals surface area contributed by atoms with Gasteiger partial charge < -0.3 is 0 Å². The Labute approximate surface area is 96.5 Å². The molecular formula is C11H10O3Te. The summed E-state index contributed by atoms with van der Waals surface area (Å²) >= 11 is -0.520. The molecule has 0 unspecified atom stereocenters. The molecule has 0 radical (unpaired) electrons. The molecule has 0 aliphatic carbocycles. The first-order valence-electron chi connectivity index (χ1n) is 4.43. The van der Waals surface area contributed by atoms with Gasteiger partial charge in [-0.05, 0) is 0 Å². The number of methoxy groups -OCH3 is 1. The molecule has 0 aliphatic heterocycles. The van der Waals surface area contributed by atoms with Gasteiger partial charge in [-0.25, -0.2) is 0 Å². The van der Waals surface area contributed by atoms with E-state index in [0.717, 1.165) is 6.98 Å². The molecule has 0 bridgehead atoms. The first-order chi connectivity index (χ1) is 7.11. The number of aromatic hydroxyl groups is 1. The Morgan fingerprint density at radius 3 is 2.73 bits per heavy atom. The minimum absolute atomic E-state index is 0.0307. The van der Waals surface area contributed by atoms with E-state index >= 15 is 0 Å². The van der Waals surface area contributed by atoms with Crippen molar-refractivity contribution in [3.05, 3.63) is 32.0 Å². The van der Waals surface area contributed by atoms with E-state index in [-0.39, 0.29) is 11.2 Å². The Morgan fingerprint density at radius 2 is 2.07 bits per heavy atom. The van der Waals surface area contributed by atoms with Crippen LogP contribution >= 0.6 is 0 Å². The summed E-state index contributed by atoms with van der Waals surface area (Å²) in [5, 5.41) is 10.2. The van der Waals surface area contributed by atoms with E-state index < -0.39 is 20.4 Å². The summed E-state index contributed by atoms with van der Waals surface area (Å²) in [7, 11) is 1.55. The van der Waals surface area contributed by atoms with E-state index in [9.17, 15) is 9.90 Å². The van der Waals surface area contributed by atoms with Crippen LogP contribution in [0.1, 0.15) is 3.58 Å². The van der Waals surface area contributed by atoms with Crippen LogP contribution in [0, 0.1) is 6.92 Å². The van der Waals surface area contributed by atoms with Gasteiger partial charge in [-0.3, -0.25) is 0 Å². The fourth-order valence-corrected chi connectivity index (χ4v) is 4.32. The molecule has 1 aromatic heterocycles. The van der Waals surface area contributed by atoms with Gasteiger partial charge in [0, 0.05) is 0 Å². The van der Waals surface area contributed by atoms with E-state index in [4.69, 9.17) is 4.74 Å². The zero-order valence-corrected chi connectivity index (χ0v) is 10.7. The molecule has 0 saturated carbocycles. The topological polar surface area (TPSA) is 46.5 Å². The fraction of sp³-hybridized carbons (Fsp3) is 0.182. The SMILES string of the molecule is COc1cc(O)c2c(=O)cc(C)[te]c2c1. The van der Waals surface area contributed by atoms with Gasteiger partial charge in [-0.1, -0.05) is 0 Å². The Morgan fingerprint density at radius 1 is 1.33 bits per heavy atom. The normalized spacial score (nSPS) is 10.5. The molecule has 0 atom stereocenters. The van der Waals surface area contributed by atoms with Crippen molar-refractivity contribution in [2.45, 2.75) is 6.92 Å². The predicted molar refractivity (Wildman–Crippen MR) is 60.1 cm³/mol. The van der Waals surface area contributed by atoms with E-state index in [1.807, 2.05) is 13.0 Å². The summed E-state index contributed by atoms with van der Waals surface area (Å²) in [6.07, 6.45) is 0. The molecule has 4 heteroatoms. The third-order valence-electron chi connectivity index (χ3n) is 2.14. The standard InChI is InChI=1S/C11H10O3Te/c1-6-3-8(12)11-9(13)4-7(14-2)5-10(11)15-6/h3-5,13H,1-2H3. The minimum atomic E-state index is -0.520. The van der Waals surface area contributed by atoms with Crippen LogP contribution in [0.5, 0.6) is 11.5 Å². The Kier molecular flexibility index (Phi) is 2.72. The second-order valence-corrected chi connectivity index (χ2v) is 6.92. The van der Waals surface area contributed by atoms with Crippen molar-refractivity contribution in [1.29, 1.82) is 0 Å². The molecule has 3 nitrogen and oxygen atoms in total. The third kappa shape index (κ3) is 1.88. The molecule has 0 fully saturated rings. The summed E-state index contributed by atoms with van der Waals surface area (Å²) in [5.41, 5.74) is -0.0981. The van der Waals surface area contributed by atoms with Crippen molar-refractivity contribution in [2.24, 2.45) is 0 Å². The van der Waals surface area contributed by atoms with Gasteiger partial charge in [-0.2, -0.15) is 0 Å². The van der Waals surface area contributed by atoms with Gasteiger partial charge in [0.1, 0.15) is 0 Å². The van der Waals surface area contributed by atoms with Crippen molar-refractivity contribution >= 4 is 29.2 Å². The number of fused-ring (bicyclic) bond motifs is 1. The van der Waals surface area contributed by atoms with Gasteiger partial charge in [0.05, 0.1) is 0 Å². The summed E-state index contributed by atoms with van der Waals surface area (Å²) < 4.78 is 7.15. The Bertz CT molecular complexity index is 572. The summed E-state index contributed by atoms with van der Waals surface area (Å²) in [6, 6.07) is 4.96.